The summed E-state index contributed by atoms with van der Waals surface area (Å²) < 4.78 is 29.4. The van der Waals surface area contributed by atoms with Crippen LogP contribution in [-0.4, -0.2) is 24.5 Å². The monoisotopic (exact) mass is 398 g/mol. The molecule has 0 spiro atoms. The second-order valence-electron chi connectivity index (χ2n) is 5.45. The van der Waals surface area contributed by atoms with Crippen LogP contribution >= 0.6 is 0 Å². The van der Waals surface area contributed by atoms with Gasteiger partial charge in [-0.15, -0.1) is 0 Å². The number of hydrogen-bond donors (Lipinski definition) is 1. The van der Waals surface area contributed by atoms with E-state index < -0.39 is 15.0 Å². The zero-order chi connectivity index (χ0) is 20.0. The van der Waals surface area contributed by atoms with Crippen LogP contribution < -0.4 is 9.61 Å². The summed E-state index contributed by atoms with van der Waals surface area (Å²) in [6.07, 6.45) is 2.61. The van der Waals surface area contributed by atoms with Crippen LogP contribution in [0.5, 0.6) is 5.75 Å². The molecule has 0 unspecified atom stereocenters. The molecule has 0 fully saturated rings. The Morgan fingerprint density at radius 2 is 1.75 bits per heavy atom. The van der Waals surface area contributed by atoms with Gasteiger partial charge in [-0.05, 0) is 48.0 Å². The summed E-state index contributed by atoms with van der Waals surface area (Å²) in [6, 6.07) is 16.9. The Labute approximate surface area is 160 Å². The van der Waals surface area contributed by atoms with Gasteiger partial charge < -0.3 is 4.18 Å². The highest BCUT2D eigenvalue weighted by Gasteiger charge is 2.15. The molecule has 0 radical (unpaired) electrons. The predicted molar refractivity (Wildman–Crippen MR) is 103 cm³/mol. The minimum atomic E-state index is -3.89. The van der Waals surface area contributed by atoms with E-state index in [0.29, 0.717) is 11.4 Å². The third-order valence-electron chi connectivity index (χ3n) is 3.47. The zero-order valence-corrected chi connectivity index (χ0v) is 15.1. The van der Waals surface area contributed by atoms with Gasteiger partial charge in [0.1, 0.15) is 22.7 Å². The SMILES string of the molecule is O=[N+]([O-])c1ccc(NN=Cc2ccc(OS(=O)(=O)c3ccccc3)cc2)nc1. The van der Waals surface area contributed by atoms with Crippen molar-refractivity contribution in [2.24, 2.45) is 5.10 Å². The maximum absolute atomic E-state index is 12.2. The van der Waals surface area contributed by atoms with Crippen LogP contribution in [0.2, 0.25) is 0 Å². The van der Waals surface area contributed by atoms with E-state index in [9.17, 15) is 18.5 Å². The van der Waals surface area contributed by atoms with Crippen LogP contribution in [0.1, 0.15) is 5.56 Å². The highest BCUT2D eigenvalue weighted by molar-refractivity contribution is 7.87. The number of nitrogens with zero attached hydrogens (tertiary/aromatic N) is 3. The van der Waals surface area contributed by atoms with Crippen molar-refractivity contribution in [3.8, 4) is 5.75 Å². The van der Waals surface area contributed by atoms with Crippen LogP contribution in [0, 0.1) is 10.1 Å². The quantitative estimate of drug-likeness (QED) is 0.280. The molecule has 10 heteroatoms. The van der Waals surface area contributed by atoms with Gasteiger partial charge in [-0.3, -0.25) is 15.5 Å². The molecule has 3 rings (SSSR count). The largest absolute Gasteiger partial charge is 0.379 e. The number of hydrazone groups is 1. The molecular formula is C18H14N4O5S. The molecule has 0 aliphatic rings. The third kappa shape index (κ3) is 4.89. The van der Waals surface area contributed by atoms with E-state index in [1.165, 1.54) is 42.6 Å². The van der Waals surface area contributed by atoms with Gasteiger partial charge in [0.05, 0.1) is 11.1 Å². The first-order valence-corrected chi connectivity index (χ1v) is 9.34. The summed E-state index contributed by atoms with van der Waals surface area (Å²) in [5.74, 6) is 0.516. The van der Waals surface area contributed by atoms with Crippen molar-refractivity contribution >= 4 is 27.8 Å². The smallest absolute Gasteiger partial charge is 0.339 e. The molecule has 0 atom stereocenters. The maximum atomic E-state index is 12.2. The van der Waals surface area contributed by atoms with Crippen LogP contribution in [0.4, 0.5) is 11.5 Å². The highest BCUT2D eigenvalue weighted by atomic mass is 32.2. The molecule has 1 heterocycles. The molecule has 0 aliphatic carbocycles. The van der Waals surface area contributed by atoms with Crippen LogP contribution in [-0.2, 0) is 10.1 Å². The number of nitrogens with one attached hydrogen (secondary N) is 1. The van der Waals surface area contributed by atoms with Gasteiger partial charge in [0.2, 0.25) is 0 Å². The van der Waals surface area contributed by atoms with Crippen LogP contribution in [0.15, 0.2) is 82.9 Å². The van der Waals surface area contributed by atoms with Gasteiger partial charge in [0.25, 0.3) is 5.69 Å². The summed E-state index contributed by atoms with van der Waals surface area (Å²) in [6.45, 7) is 0. The molecule has 3 aromatic rings. The first kappa shape index (κ1) is 19.0. The van der Waals surface area contributed by atoms with E-state index in [4.69, 9.17) is 4.18 Å². The van der Waals surface area contributed by atoms with Crippen molar-refractivity contribution in [3.63, 3.8) is 0 Å². The predicted octanol–water partition coefficient (Wildman–Crippen LogP) is 3.20. The van der Waals surface area contributed by atoms with Gasteiger partial charge in [-0.1, -0.05) is 18.2 Å². The van der Waals surface area contributed by atoms with E-state index in [1.807, 2.05) is 0 Å². The third-order valence-corrected chi connectivity index (χ3v) is 4.73. The van der Waals surface area contributed by atoms with E-state index in [0.717, 1.165) is 6.20 Å². The normalized spacial score (nSPS) is 11.3. The Morgan fingerprint density at radius 3 is 2.36 bits per heavy atom. The number of pyridine rings is 1. The molecule has 9 nitrogen and oxygen atoms in total. The number of aromatic nitrogens is 1. The van der Waals surface area contributed by atoms with Crippen molar-refractivity contribution < 1.29 is 17.5 Å². The fourth-order valence-electron chi connectivity index (χ4n) is 2.10. The Balaban J connectivity index is 1.61. The fraction of sp³-hybridized carbons (Fsp3) is 0. The van der Waals surface area contributed by atoms with Crippen molar-refractivity contribution in [1.82, 2.24) is 4.98 Å². The Morgan fingerprint density at radius 1 is 1.04 bits per heavy atom. The van der Waals surface area contributed by atoms with E-state index in [-0.39, 0.29) is 16.3 Å². The molecule has 142 valence electrons. The van der Waals surface area contributed by atoms with Gasteiger partial charge in [0.15, 0.2) is 0 Å². The average Bonchev–Trinajstić information content (AvgIpc) is 2.70. The summed E-state index contributed by atoms with van der Waals surface area (Å²) in [7, 11) is -3.89. The van der Waals surface area contributed by atoms with Gasteiger partial charge >= 0.3 is 10.1 Å². The summed E-state index contributed by atoms with van der Waals surface area (Å²) >= 11 is 0. The number of anilines is 1. The first-order chi connectivity index (χ1) is 13.4. The van der Waals surface area contributed by atoms with Crippen LogP contribution in [0.25, 0.3) is 0 Å². The molecule has 0 saturated carbocycles. The molecule has 1 N–H and O–H groups in total. The lowest BCUT2D eigenvalue weighted by Gasteiger charge is -2.07. The summed E-state index contributed by atoms with van der Waals surface area (Å²) in [5, 5.41) is 14.5. The molecule has 0 amide bonds. The van der Waals surface area contributed by atoms with E-state index in [2.05, 4.69) is 15.5 Å². The lowest BCUT2D eigenvalue weighted by Crippen LogP contribution is -2.09. The van der Waals surface area contributed by atoms with Crippen molar-refractivity contribution in [2.75, 3.05) is 5.43 Å². The standard InChI is InChI=1S/C18H14N4O5S/c23-22(24)15-8-11-18(19-13-15)21-20-12-14-6-9-16(10-7-14)27-28(25,26)17-4-2-1-3-5-17/h1-13H,(H,19,21). The molecule has 0 saturated heterocycles. The molecule has 0 bridgehead atoms. The number of hydrogen-bond acceptors (Lipinski definition) is 8. The van der Waals surface area contributed by atoms with Gasteiger partial charge in [-0.25, -0.2) is 4.98 Å². The number of rotatable bonds is 7. The van der Waals surface area contributed by atoms with Crippen LogP contribution in [0.3, 0.4) is 0 Å². The Kier molecular flexibility index (Phi) is 5.61. The zero-order valence-electron chi connectivity index (χ0n) is 14.3. The minimum absolute atomic E-state index is 0.0698. The second-order valence-corrected chi connectivity index (χ2v) is 6.99. The minimum Gasteiger partial charge on any atom is -0.379 e. The Bertz CT molecular complexity index is 1080. The molecule has 2 aromatic carbocycles. The molecule has 0 aliphatic heterocycles. The highest BCUT2D eigenvalue weighted by Crippen LogP contribution is 2.18. The van der Waals surface area contributed by atoms with E-state index >= 15 is 0 Å². The number of benzene rings is 2. The topological polar surface area (TPSA) is 124 Å². The summed E-state index contributed by atoms with van der Waals surface area (Å²) in [4.78, 5) is 14.0. The van der Waals surface area contributed by atoms with Crippen molar-refractivity contribution in [2.45, 2.75) is 4.90 Å². The second kappa shape index (κ2) is 8.27. The fourth-order valence-corrected chi connectivity index (χ4v) is 3.06. The van der Waals surface area contributed by atoms with Gasteiger partial charge in [-0.2, -0.15) is 13.5 Å². The van der Waals surface area contributed by atoms with E-state index in [1.54, 1.807) is 30.3 Å². The average molecular weight is 398 g/mol. The first-order valence-electron chi connectivity index (χ1n) is 7.93. The lowest BCUT2D eigenvalue weighted by molar-refractivity contribution is -0.385. The molecule has 28 heavy (non-hydrogen) atoms. The lowest BCUT2D eigenvalue weighted by atomic mass is 10.2. The van der Waals surface area contributed by atoms with Crippen molar-refractivity contribution in [1.29, 1.82) is 0 Å². The molecule has 1 aromatic heterocycles. The Hall–Kier alpha value is -3.79. The van der Waals surface area contributed by atoms with Gasteiger partial charge in [0, 0.05) is 6.07 Å². The summed E-state index contributed by atoms with van der Waals surface area (Å²) in [5.41, 5.74) is 3.21. The number of nitro groups is 1. The molecular weight excluding hydrogens is 384 g/mol. The maximum Gasteiger partial charge on any atom is 0.339 e. The van der Waals surface area contributed by atoms with Crippen molar-refractivity contribution in [3.05, 3.63) is 88.6 Å².